The van der Waals surface area contributed by atoms with Crippen molar-refractivity contribution >= 4 is 18.1 Å². The Kier molecular flexibility index (Phi) is 9.85. The van der Waals surface area contributed by atoms with E-state index < -0.39 is 30.1 Å². The van der Waals surface area contributed by atoms with Crippen LogP contribution in [0.15, 0.2) is 35.4 Å². The van der Waals surface area contributed by atoms with E-state index in [9.17, 15) is 24.6 Å². The monoisotopic (exact) mass is 516 g/mol. The summed E-state index contributed by atoms with van der Waals surface area (Å²) >= 11 is 0. The maximum absolute atomic E-state index is 13.3. The van der Waals surface area contributed by atoms with Gasteiger partial charge < -0.3 is 34.6 Å². The molecule has 2 amide bonds. The number of fused-ring (bicyclic) bond motifs is 3. The van der Waals surface area contributed by atoms with E-state index in [1.54, 1.807) is 26.0 Å². The number of benzene rings is 1. The number of hydrogen-bond donors (Lipinski definition) is 3. The molecule has 1 aromatic rings. The molecule has 1 aromatic carbocycles. The van der Waals surface area contributed by atoms with Gasteiger partial charge in [-0.3, -0.25) is 14.4 Å². The van der Waals surface area contributed by atoms with Gasteiger partial charge in [0.1, 0.15) is 18.5 Å². The third kappa shape index (κ3) is 6.20. The fourth-order valence-corrected chi connectivity index (χ4v) is 4.78. The Hall–Kier alpha value is -3.21. The van der Waals surface area contributed by atoms with Gasteiger partial charge in [0.2, 0.25) is 11.8 Å². The van der Waals surface area contributed by atoms with Crippen LogP contribution >= 0.6 is 0 Å². The van der Waals surface area contributed by atoms with E-state index in [4.69, 9.17) is 14.2 Å². The third-order valence-corrected chi connectivity index (χ3v) is 6.36. The molecule has 10 nitrogen and oxygen atoms in total. The maximum atomic E-state index is 13.3. The predicted molar refractivity (Wildman–Crippen MR) is 136 cm³/mol. The zero-order valence-corrected chi connectivity index (χ0v) is 21.7. The van der Waals surface area contributed by atoms with E-state index in [1.165, 1.54) is 24.2 Å². The number of aldehydes is 1. The van der Waals surface area contributed by atoms with E-state index in [-0.39, 0.29) is 31.2 Å². The smallest absolute Gasteiger partial charge is 0.247 e. The lowest BCUT2D eigenvalue weighted by atomic mass is 9.77. The molecule has 1 aliphatic heterocycles. The second kappa shape index (κ2) is 12.8. The molecule has 1 aliphatic carbocycles. The van der Waals surface area contributed by atoms with Crippen LogP contribution in [0.2, 0.25) is 0 Å². The summed E-state index contributed by atoms with van der Waals surface area (Å²) in [7, 11) is 1.44. The second-order valence-corrected chi connectivity index (χ2v) is 9.21. The van der Waals surface area contributed by atoms with Crippen LogP contribution in [0, 0.1) is 0 Å². The second-order valence-electron chi connectivity index (χ2n) is 9.21. The van der Waals surface area contributed by atoms with Crippen molar-refractivity contribution in [1.29, 1.82) is 0 Å². The first-order valence-electron chi connectivity index (χ1n) is 12.4. The van der Waals surface area contributed by atoms with Crippen molar-refractivity contribution in [3.8, 4) is 11.5 Å². The quantitative estimate of drug-likeness (QED) is 0.215. The highest BCUT2D eigenvalue weighted by molar-refractivity contribution is 5.97. The van der Waals surface area contributed by atoms with Gasteiger partial charge in [0, 0.05) is 49.1 Å². The zero-order chi connectivity index (χ0) is 27.1. The van der Waals surface area contributed by atoms with Gasteiger partial charge >= 0.3 is 0 Å². The molecular weight excluding hydrogens is 480 g/mol. The zero-order valence-electron chi connectivity index (χ0n) is 21.7. The van der Waals surface area contributed by atoms with Crippen LogP contribution in [0.3, 0.4) is 0 Å². The first kappa shape index (κ1) is 28.4. The number of hydrogen-bond acceptors (Lipinski definition) is 8. The van der Waals surface area contributed by atoms with Gasteiger partial charge in [-0.15, -0.1) is 0 Å². The number of ether oxygens (including phenoxy) is 3. The number of rotatable bonds is 12. The Morgan fingerprint density at radius 3 is 2.65 bits per heavy atom. The highest BCUT2D eigenvalue weighted by atomic mass is 16.5. The van der Waals surface area contributed by atoms with Crippen LogP contribution in [0.25, 0.3) is 0 Å². The van der Waals surface area contributed by atoms with Gasteiger partial charge in [0.15, 0.2) is 11.5 Å². The molecule has 0 spiro atoms. The number of aliphatic hydroxyl groups is 2. The average molecular weight is 517 g/mol. The minimum absolute atomic E-state index is 0.0287. The predicted octanol–water partition coefficient (Wildman–Crippen LogP) is 1.35. The molecule has 0 saturated heterocycles. The summed E-state index contributed by atoms with van der Waals surface area (Å²) in [6, 6.07) is 2.27. The largest absolute Gasteiger partial charge is 0.493 e. The normalized spacial score (nSPS) is 21.6. The number of amides is 2. The molecule has 3 N–H and O–H groups in total. The molecule has 1 heterocycles. The minimum Gasteiger partial charge on any atom is -0.493 e. The van der Waals surface area contributed by atoms with Crippen molar-refractivity contribution in [2.24, 2.45) is 0 Å². The van der Waals surface area contributed by atoms with Crippen molar-refractivity contribution in [3.63, 3.8) is 0 Å². The SMILES string of the molecule is CCOCCCN(C(=O)C=C(C)C)C1C=C(C(=O)NCCO)C2c3cc(C=O)cc(OC)c3OC2C1O. The van der Waals surface area contributed by atoms with E-state index in [0.29, 0.717) is 48.5 Å². The van der Waals surface area contributed by atoms with Gasteiger partial charge in [-0.2, -0.15) is 0 Å². The van der Waals surface area contributed by atoms with Crippen molar-refractivity contribution in [2.45, 2.75) is 51.4 Å². The third-order valence-electron chi connectivity index (χ3n) is 6.36. The Morgan fingerprint density at radius 1 is 1.27 bits per heavy atom. The van der Waals surface area contributed by atoms with Crippen LogP contribution in [0.5, 0.6) is 11.5 Å². The molecule has 4 unspecified atom stereocenters. The molecule has 202 valence electrons. The van der Waals surface area contributed by atoms with Crippen LogP contribution in [0.1, 0.15) is 49.0 Å². The van der Waals surface area contributed by atoms with E-state index in [0.717, 1.165) is 5.57 Å². The Balaban J connectivity index is 2.10. The number of carbonyl (C=O) groups excluding carboxylic acids is 3. The molecule has 0 fully saturated rings. The summed E-state index contributed by atoms with van der Waals surface area (Å²) in [5.74, 6) is -0.833. The molecule has 37 heavy (non-hydrogen) atoms. The van der Waals surface area contributed by atoms with E-state index >= 15 is 0 Å². The molecule has 0 saturated carbocycles. The lowest BCUT2D eigenvalue weighted by Crippen LogP contribution is -2.55. The lowest BCUT2D eigenvalue weighted by Gasteiger charge is -2.40. The van der Waals surface area contributed by atoms with Crippen molar-refractivity contribution < 1.29 is 38.8 Å². The number of allylic oxidation sites excluding steroid dienone is 1. The van der Waals surface area contributed by atoms with E-state index in [2.05, 4.69) is 5.32 Å². The number of carbonyl (C=O) groups is 3. The van der Waals surface area contributed by atoms with Crippen molar-refractivity contribution in [3.05, 3.63) is 46.6 Å². The topological polar surface area (TPSA) is 135 Å². The number of aliphatic hydroxyl groups excluding tert-OH is 2. The fraction of sp³-hybridized carbons (Fsp3) is 0.519. The summed E-state index contributed by atoms with van der Waals surface area (Å²) in [5, 5.41) is 23.5. The molecule has 3 rings (SSSR count). The molecule has 0 bridgehead atoms. The Labute approximate surface area is 216 Å². The molecule has 2 aliphatic rings. The molecule has 4 atom stereocenters. The minimum atomic E-state index is -1.18. The van der Waals surface area contributed by atoms with Crippen LogP contribution in [-0.4, -0.2) is 91.5 Å². The summed E-state index contributed by atoms with van der Waals surface area (Å²) in [4.78, 5) is 39.6. The van der Waals surface area contributed by atoms with Gasteiger partial charge in [-0.25, -0.2) is 0 Å². The number of nitrogens with one attached hydrogen (secondary N) is 1. The first-order valence-corrected chi connectivity index (χ1v) is 12.4. The Morgan fingerprint density at radius 2 is 2.03 bits per heavy atom. The van der Waals surface area contributed by atoms with Crippen molar-refractivity contribution in [2.75, 3.05) is 40.0 Å². The first-order chi connectivity index (χ1) is 17.8. The molecule has 0 aromatic heterocycles. The standard InChI is InChI=1S/C27H36N2O8/c1-5-36-10-6-8-29(22(32)11-16(2)3)20-14-19(27(34)28-7-9-30)23-18-12-17(15-31)13-21(35-4)25(18)37-26(23)24(20)33/h11-15,20,23-24,26,30,33H,5-10H2,1-4H3,(H,28,34). The summed E-state index contributed by atoms with van der Waals surface area (Å²) in [6.45, 7) is 6.54. The van der Waals surface area contributed by atoms with Crippen molar-refractivity contribution in [1.82, 2.24) is 10.2 Å². The van der Waals surface area contributed by atoms with Gasteiger partial charge in [-0.1, -0.05) is 5.57 Å². The average Bonchev–Trinajstić information content (AvgIpc) is 3.27. The molecular formula is C27H36N2O8. The number of methoxy groups -OCH3 is 1. The van der Waals surface area contributed by atoms with Crippen LogP contribution in [-0.2, 0) is 14.3 Å². The van der Waals surface area contributed by atoms with Crippen LogP contribution in [0.4, 0.5) is 0 Å². The van der Waals surface area contributed by atoms with Gasteiger partial charge in [0.25, 0.3) is 0 Å². The summed E-state index contributed by atoms with van der Waals surface area (Å²) < 4.78 is 17.0. The molecule has 0 radical (unpaired) electrons. The van der Waals surface area contributed by atoms with Crippen LogP contribution < -0.4 is 14.8 Å². The summed E-state index contributed by atoms with van der Waals surface area (Å²) in [6.07, 6.45) is 2.19. The lowest BCUT2D eigenvalue weighted by molar-refractivity contribution is -0.132. The maximum Gasteiger partial charge on any atom is 0.247 e. The fourth-order valence-electron chi connectivity index (χ4n) is 4.78. The summed E-state index contributed by atoms with van der Waals surface area (Å²) in [5.41, 5.74) is 1.94. The van der Waals surface area contributed by atoms with Gasteiger partial charge in [-0.05, 0) is 45.4 Å². The molecule has 10 heteroatoms. The Bertz CT molecular complexity index is 1060. The highest BCUT2D eigenvalue weighted by Crippen LogP contribution is 2.51. The van der Waals surface area contributed by atoms with Gasteiger partial charge in [0.05, 0.1) is 25.7 Å². The highest BCUT2D eigenvalue weighted by Gasteiger charge is 2.51. The number of nitrogens with zero attached hydrogens (tertiary/aromatic N) is 1. The van der Waals surface area contributed by atoms with E-state index in [1.807, 2.05) is 6.92 Å².